The van der Waals surface area contributed by atoms with Gasteiger partial charge in [0.05, 0.1) is 7.11 Å². The zero-order valence-corrected chi connectivity index (χ0v) is 21.2. The number of piperazine rings is 1. The molecule has 4 aromatic rings. The van der Waals surface area contributed by atoms with E-state index in [1.807, 2.05) is 72.8 Å². The lowest BCUT2D eigenvalue weighted by Crippen LogP contribution is -2.47. The topological polar surface area (TPSA) is 53.5 Å². The van der Waals surface area contributed by atoms with Crippen LogP contribution in [0.4, 0.5) is 17.3 Å². The Morgan fingerprint density at radius 1 is 0.861 bits per heavy atom. The number of ether oxygens (including phenoxy) is 1. The molecule has 1 fully saturated rings. The first kappa shape index (κ1) is 24.1. The molecule has 1 saturated heterocycles. The highest BCUT2D eigenvalue weighted by molar-refractivity contribution is 6.30. The van der Waals surface area contributed by atoms with E-state index in [1.54, 1.807) is 7.11 Å². The van der Waals surface area contributed by atoms with Gasteiger partial charge in [-0.2, -0.15) is 0 Å². The number of anilines is 3. The van der Waals surface area contributed by atoms with Crippen molar-refractivity contribution in [2.75, 3.05) is 50.1 Å². The van der Waals surface area contributed by atoms with E-state index < -0.39 is 0 Å². The van der Waals surface area contributed by atoms with Gasteiger partial charge >= 0.3 is 0 Å². The molecule has 0 spiro atoms. The molecule has 1 aliphatic rings. The summed E-state index contributed by atoms with van der Waals surface area (Å²) in [5, 5.41) is 4.13. The average Bonchev–Trinajstić information content (AvgIpc) is 2.94. The first-order valence-electron chi connectivity index (χ1n) is 12.2. The van der Waals surface area contributed by atoms with Crippen molar-refractivity contribution in [3.63, 3.8) is 0 Å². The van der Waals surface area contributed by atoms with Crippen molar-refractivity contribution >= 4 is 28.9 Å². The highest BCUT2D eigenvalue weighted by atomic mass is 35.5. The van der Waals surface area contributed by atoms with E-state index >= 15 is 0 Å². The summed E-state index contributed by atoms with van der Waals surface area (Å²) in [4.78, 5) is 14.6. The molecule has 1 aliphatic heterocycles. The number of methoxy groups -OCH3 is 1. The van der Waals surface area contributed by atoms with E-state index in [2.05, 4.69) is 27.2 Å². The van der Waals surface area contributed by atoms with E-state index in [9.17, 15) is 0 Å². The molecule has 0 atom stereocenters. The quantitative estimate of drug-likeness (QED) is 0.325. The normalized spacial score (nSPS) is 14.0. The molecule has 6 nitrogen and oxygen atoms in total. The minimum absolute atomic E-state index is 0.706. The van der Waals surface area contributed by atoms with Gasteiger partial charge in [0.25, 0.3) is 0 Å². The van der Waals surface area contributed by atoms with Crippen LogP contribution in [0.1, 0.15) is 5.56 Å². The Labute approximate surface area is 217 Å². The maximum Gasteiger partial charge on any atom is 0.163 e. The van der Waals surface area contributed by atoms with Crippen LogP contribution in [-0.2, 0) is 6.42 Å². The van der Waals surface area contributed by atoms with Gasteiger partial charge in [0.15, 0.2) is 5.82 Å². The summed E-state index contributed by atoms with van der Waals surface area (Å²) in [6, 6.07) is 28.1. The van der Waals surface area contributed by atoms with Crippen molar-refractivity contribution in [3.05, 3.63) is 95.5 Å². The van der Waals surface area contributed by atoms with E-state index in [-0.39, 0.29) is 0 Å². The number of aromatic nitrogens is 2. The van der Waals surface area contributed by atoms with Crippen LogP contribution in [0.15, 0.2) is 84.9 Å². The van der Waals surface area contributed by atoms with Gasteiger partial charge in [-0.3, -0.25) is 4.90 Å². The van der Waals surface area contributed by atoms with Crippen LogP contribution in [0.25, 0.3) is 11.4 Å². The molecule has 0 amide bonds. The molecule has 7 heteroatoms. The SMILES string of the molecule is COc1ccccc1CCN1CCN(c2cc(Nc3ccc(Cl)cc3)nc(-c3ccccc3)n2)CC1. The third-order valence-electron chi connectivity index (χ3n) is 6.45. The number of nitrogens with one attached hydrogen (secondary N) is 1. The fourth-order valence-corrected chi connectivity index (χ4v) is 4.57. The second-order valence-electron chi connectivity index (χ2n) is 8.82. The third kappa shape index (κ3) is 5.96. The smallest absolute Gasteiger partial charge is 0.163 e. The summed E-state index contributed by atoms with van der Waals surface area (Å²) >= 11 is 6.06. The molecule has 2 heterocycles. The predicted octanol–water partition coefficient (Wildman–Crippen LogP) is 5.91. The largest absolute Gasteiger partial charge is 0.496 e. The summed E-state index contributed by atoms with van der Waals surface area (Å²) < 4.78 is 5.51. The number of hydrogen-bond acceptors (Lipinski definition) is 6. The molecule has 184 valence electrons. The van der Waals surface area contributed by atoms with Gasteiger partial charge in [-0.15, -0.1) is 0 Å². The highest BCUT2D eigenvalue weighted by Gasteiger charge is 2.20. The molecule has 0 unspecified atom stereocenters. The lowest BCUT2D eigenvalue weighted by atomic mass is 10.1. The first-order valence-corrected chi connectivity index (χ1v) is 12.6. The molecule has 1 N–H and O–H groups in total. The van der Waals surface area contributed by atoms with Crippen LogP contribution in [0.2, 0.25) is 5.02 Å². The molecule has 0 saturated carbocycles. The number of halogens is 1. The Kier molecular flexibility index (Phi) is 7.64. The minimum Gasteiger partial charge on any atom is -0.496 e. The third-order valence-corrected chi connectivity index (χ3v) is 6.70. The number of rotatable bonds is 8. The lowest BCUT2D eigenvalue weighted by Gasteiger charge is -2.35. The van der Waals surface area contributed by atoms with Gasteiger partial charge < -0.3 is 15.0 Å². The molecular formula is C29H30ClN5O. The Hall–Kier alpha value is -3.61. The minimum atomic E-state index is 0.706. The van der Waals surface area contributed by atoms with E-state index in [0.717, 1.165) is 67.8 Å². The monoisotopic (exact) mass is 499 g/mol. The number of benzene rings is 3. The maximum atomic E-state index is 6.06. The molecule has 0 bridgehead atoms. The summed E-state index contributed by atoms with van der Waals surface area (Å²) in [6.45, 7) is 4.81. The number of hydrogen-bond donors (Lipinski definition) is 1. The van der Waals surface area contributed by atoms with E-state index in [1.165, 1.54) is 5.56 Å². The lowest BCUT2D eigenvalue weighted by molar-refractivity contribution is 0.259. The summed E-state index contributed by atoms with van der Waals surface area (Å²) in [5.74, 6) is 3.37. The molecule has 5 rings (SSSR count). The number of nitrogens with zero attached hydrogens (tertiary/aromatic N) is 4. The fourth-order valence-electron chi connectivity index (χ4n) is 4.45. The van der Waals surface area contributed by atoms with Crippen LogP contribution < -0.4 is 15.0 Å². The van der Waals surface area contributed by atoms with Gasteiger partial charge in [-0.05, 0) is 42.3 Å². The fraction of sp³-hybridized carbons (Fsp3) is 0.241. The molecule has 1 aromatic heterocycles. The van der Waals surface area contributed by atoms with Crippen molar-refractivity contribution in [1.82, 2.24) is 14.9 Å². The van der Waals surface area contributed by atoms with Crippen LogP contribution in [0.5, 0.6) is 5.75 Å². The molecular weight excluding hydrogens is 470 g/mol. The van der Waals surface area contributed by atoms with Crippen molar-refractivity contribution in [2.24, 2.45) is 0 Å². The summed E-state index contributed by atoms with van der Waals surface area (Å²) in [7, 11) is 1.74. The van der Waals surface area contributed by atoms with E-state index in [0.29, 0.717) is 10.8 Å². The zero-order chi connectivity index (χ0) is 24.7. The first-order chi connectivity index (χ1) is 17.7. The van der Waals surface area contributed by atoms with Gasteiger partial charge in [-0.25, -0.2) is 9.97 Å². The molecule has 0 aliphatic carbocycles. The van der Waals surface area contributed by atoms with Crippen LogP contribution in [-0.4, -0.2) is 54.7 Å². The second-order valence-corrected chi connectivity index (χ2v) is 9.26. The van der Waals surface area contributed by atoms with Crippen molar-refractivity contribution in [3.8, 4) is 17.1 Å². The van der Waals surface area contributed by atoms with Crippen LogP contribution >= 0.6 is 11.6 Å². The van der Waals surface area contributed by atoms with Gasteiger partial charge in [0, 0.05) is 55.1 Å². The molecule has 36 heavy (non-hydrogen) atoms. The number of para-hydroxylation sites is 1. The Bertz CT molecular complexity index is 1270. The molecule has 0 radical (unpaired) electrons. The maximum absolute atomic E-state index is 6.06. The van der Waals surface area contributed by atoms with Gasteiger partial charge in [0.2, 0.25) is 0 Å². The zero-order valence-electron chi connectivity index (χ0n) is 20.4. The predicted molar refractivity (Wildman–Crippen MR) is 148 cm³/mol. The van der Waals surface area contributed by atoms with Crippen LogP contribution in [0, 0.1) is 0 Å². The van der Waals surface area contributed by atoms with Gasteiger partial charge in [-0.1, -0.05) is 60.1 Å². The standard InChI is InChI=1S/C29H30ClN5O/c1-36-26-10-6-5-7-22(26)15-16-34-17-19-35(20-18-34)28-21-27(31-25-13-11-24(30)12-14-25)32-29(33-28)23-8-3-2-4-9-23/h2-14,21H,15-20H2,1H3,(H,31,32,33). The van der Waals surface area contributed by atoms with Crippen molar-refractivity contribution in [1.29, 1.82) is 0 Å². The van der Waals surface area contributed by atoms with Crippen molar-refractivity contribution in [2.45, 2.75) is 6.42 Å². The Morgan fingerprint density at radius 2 is 1.58 bits per heavy atom. The highest BCUT2D eigenvalue weighted by Crippen LogP contribution is 2.26. The van der Waals surface area contributed by atoms with E-state index in [4.69, 9.17) is 26.3 Å². The average molecular weight is 500 g/mol. The molecule has 3 aromatic carbocycles. The summed E-state index contributed by atoms with van der Waals surface area (Å²) in [5.41, 5.74) is 3.18. The Balaban J connectivity index is 1.30. The van der Waals surface area contributed by atoms with Crippen LogP contribution in [0.3, 0.4) is 0 Å². The summed E-state index contributed by atoms with van der Waals surface area (Å²) in [6.07, 6.45) is 0.977. The Morgan fingerprint density at radius 3 is 2.33 bits per heavy atom. The van der Waals surface area contributed by atoms with Gasteiger partial charge in [0.1, 0.15) is 17.4 Å². The second kappa shape index (κ2) is 11.4. The van der Waals surface area contributed by atoms with Crippen molar-refractivity contribution < 1.29 is 4.74 Å².